The molecule has 0 spiro atoms. The number of halogens is 1. The molecule has 0 fully saturated rings. The summed E-state index contributed by atoms with van der Waals surface area (Å²) in [7, 11) is 0. The minimum absolute atomic E-state index is 0.134. The molecule has 1 heterocycles. The Labute approximate surface area is 178 Å². The van der Waals surface area contributed by atoms with Crippen molar-refractivity contribution < 1.29 is 4.79 Å². The van der Waals surface area contributed by atoms with Crippen molar-refractivity contribution in [1.82, 2.24) is 9.55 Å². The van der Waals surface area contributed by atoms with E-state index in [4.69, 9.17) is 11.6 Å². The number of urea groups is 1. The lowest BCUT2D eigenvalue weighted by Gasteiger charge is -2.12. The van der Waals surface area contributed by atoms with Crippen LogP contribution in [0.3, 0.4) is 0 Å². The summed E-state index contributed by atoms with van der Waals surface area (Å²) >= 11 is 6.12. The topological polar surface area (TPSA) is 76.0 Å². The smallest absolute Gasteiger partial charge is 0.308 e. The van der Waals surface area contributed by atoms with E-state index in [9.17, 15) is 9.59 Å². The minimum Gasteiger partial charge on any atom is -0.308 e. The second-order valence-electron chi connectivity index (χ2n) is 6.93. The van der Waals surface area contributed by atoms with Crippen molar-refractivity contribution in [1.29, 1.82) is 0 Å². The number of hydrogen-bond acceptors (Lipinski definition) is 3. The molecule has 6 nitrogen and oxygen atoms in total. The van der Waals surface area contributed by atoms with Crippen LogP contribution in [-0.4, -0.2) is 15.6 Å². The summed E-state index contributed by atoms with van der Waals surface area (Å²) in [6.07, 6.45) is 0. The third kappa shape index (κ3) is 3.90. The number of anilines is 2. The van der Waals surface area contributed by atoms with Crippen LogP contribution in [0.4, 0.5) is 16.2 Å². The van der Waals surface area contributed by atoms with Crippen LogP contribution in [0, 0.1) is 13.8 Å². The van der Waals surface area contributed by atoms with E-state index in [0.717, 1.165) is 5.56 Å². The second kappa shape index (κ2) is 8.00. The fourth-order valence-electron chi connectivity index (χ4n) is 3.26. The third-order valence-corrected chi connectivity index (χ3v) is 5.03. The molecule has 1 aromatic heterocycles. The molecule has 0 radical (unpaired) electrons. The molecular weight excluding hydrogens is 400 g/mol. The summed E-state index contributed by atoms with van der Waals surface area (Å²) in [4.78, 5) is 29.7. The number of carbonyl (C=O) groups excluding carboxylic acids is 1. The molecule has 3 aromatic carbocycles. The summed E-state index contributed by atoms with van der Waals surface area (Å²) < 4.78 is 1.55. The Hall–Kier alpha value is -3.64. The van der Waals surface area contributed by atoms with Gasteiger partial charge in [-0.1, -0.05) is 29.8 Å². The van der Waals surface area contributed by atoms with Gasteiger partial charge >= 0.3 is 6.03 Å². The number of aromatic nitrogens is 2. The number of rotatable bonds is 3. The number of amides is 2. The molecule has 30 heavy (non-hydrogen) atoms. The number of fused-ring (bicyclic) bond motifs is 1. The number of nitrogens with zero attached hydrogens (tertiary/aromatic N) is 2. The first-order valence-electron chi connectivity index (χ1n) is 9.35. The van der Waals surface area contributed by atoms with Gasteiger partial charge in [-0.3, -0.25) is 9.36 Å². The third-order valence-electron chi connectivity index (χ3n) is 4.70. The first kappa shape index (κ1) is 19.7. The molecule has 150 valence electrons. The Morgan fingerprint density at radius 2 is 1.70 bits per heavy atom. The van der Waals surface area contributed by atoms with Gasteiger partial charge in [0, 0.05) is 5.69 Å². The van der Waals surface area contributed by atoms with Crippen molar-refractivity contribution in [2.24, 2.45) is 0 Å². The highest BCUT2D eigenvalue weighted by Gasteiger charge is 2.10. The Bertz CT molecular complexity index is 1310. The number of hydrogen-bond donors (Lipinski definition) is 2. The van der Waals surface area contributed by atoms with Crippen LogP contribution < -0.4 is 16.2 Å². The SMILES string of the molecule is Cc1ccc(Cl)c(NC(=O)Nc2ccc(-n3c(C)nc4ccccc4c3=O)cc2)c1. The standard InChI is InChI=1S/C23H19ClN4O2/c1-14-7-12-19(24)21(13-14)27-23(30)26-16-8-10-17(11-9-16)28-15(2)25-20-6-4-3-5-18(20)22(28)29/h3-13H,1-2H3,(H2,26,27,30). The molecule has 0 aliphatic carbocycles. The van der Waals surface area contributed by atoms with Crippen LogP contribution in [0.25, 0.3) is 16.6 Å². The van der Waals surface area contributed by atoms with Crippen LogP contribution in [-0.2, 0) is 0 Å². The maximum absolute atomic E-state index is 12.9. The molecule has 0 aliphatic heterocycles. The molecule has 0 atom stereocenters. The first-order chi connectivity index (χ1) is 14.4. The maximum atomic E-state index is 12.9. The molecule has 4 rings (SSSR count). The van der Waals surface area contributed by atoms with Gasteiger partial charge in [0.15, 0.2) is 0 Å². The number of para-hydroxylation sites is 1. The Morgan fingerprint density at radius 3 is 2.47 bits per heavy atom. The van der Waals surface area contributed by atoms with E-state index in [1.165, 1.54) is 0 Å². The summed E-state index contributed by atoms with van der Waals surface area (Å²) in [5.74, 6) is 0.589. The number of aryl methyl sites for hydroxylation is 2. The highest BCUT2D eigenvalue weighted by atomic mass is 35.5. The van der Waals surface area contributed by atoms with E-state index in [1.807, 2.05) is 31.2 Å². The molecule has 0 saturated heterocycles. The molecular formula is C23H19ClN4O2. The van der Waals surface area contributed by atoms with Crippen LogP contribution in [0.1, 0.15) is 11.4 Å². The Morgan fingerprint density at radius 1 is 0.967 bits per heavy atom. The molecule has 4 aromatic rings. The molecule has 0 bridgehead atoms. The highest BCUT2D eigenvalue weighted by molar-refractivity contribution is 6.33. The largest absolute Gasteiger partial charge is 0.323 e. The zero-order chi connectivity index (χ0) is 21.3. The molecule has 2 amide bonds. The van der Waals surface area contributed by atoms with Crippen LogP contribution in [0.2, 0.25) is 5.02 Å². The average Bonchev–Trinajstić information content (AvgIpc) is 2.72. The molecule has 7 heteroatoms. The van der Waals surface area contributed by atoms with E-state index < -0.39 is 6.03 Å². The average molecular weight is 419 g/mol. The monoisotopic (exact) mass is 418 g/mol. The van der Waals surface area contributed by atoms with Gasteiger partial charge in [-0.05, 0) is 67.9 Å². The quantitative estimate of drug-likeness (QED) is 0.474. The Kier molecular flexibility index (Phi) is 5.25. The summed E-state index contributed by atoms with van der Waals surface area (Å²) in [5, 5.41) is 6.52. The van der Waals surface area contributed by atoms with Gasteiger partial charge in [0.2, 0.25) is 0 Å². The molecule has 0 unspecified atom stereocenters. The van der Waals surface area contributed by atoms with E-state index >= 15 is 0 Å². The van der Waals surface area contributed by atoms with Crippen molar-refractivity contribution >= 4 is 39.9 Å². The van der Waals surface area contributed by atoms with E-state index in [-0.39, 0.29) is 5.56 Å². The fraction of sp³-hybridized carbons (Fsp3) is 0.0870. The van der Waals surface area contributed by atoms with E-state index in [1.54, 1.807) is 54.0 Å². The van der Waals surface area contributed by atoms with Gasteiger partial charge in [-0.2, -0.15) is 0 Å². The van der Waals surface area contributed by atoms with Crippen molar-refractivity contribution in [3.63, 3.8) is 0 Å². The summed E-state index contributed by atoms with van der Waals surface area (Å²) in [6.45, 7) is 3.71. The lowest BCUT2D eigenvalue weighted by Crippen LogP contribution is -2.22. The van der Waals surface area contributed by atoms with Gasteiger partial charge < -0.3 is 10.6 Å². The molecule has 2 N–H and O–H groups in total. The fourth-order valence-corrected chi connectivity index (χ4v) is 3.43. The normalized spacial score (nSPS) is 10.8. The highest BCUT2D eigenvalue weighted by Crippen LogP contribution is 2.23. The van der Waals surface area contributed by atoms with E-state index in [0.29, 0.717) is 38.8 Å². The van der Waals surface area contributed by atoms with Crippen LogP contribution >= 0.6 is 11.6 Å². The Balaban J connectivity index is 1.56. The lowest BCUT2D eigenvalue weighted by atomic mass is 10.2. The summed E-state index contributed by atoms with van der Waals surface area (Å²) in [6, 6.07) is 19.2. The molecule has 0 saturated carbocycles. The number of nitrogens with one attached hydrogen (secondary N) is 2. The predicted octanol–water partition coefficient (Wildman–Crippen LogP) is 5.30. The predicted molar refractivity (Wildman–Crippen MR) is 121 cm³/mol. The number of carbonyl (C=O) groups is 1. The summed E-state index contributed by atoms with van der Waals surface area (Å²) in [5.41, 5.74) is 3.31. The van der Waals surface area contributed by atoms with Gasteiger partial charge in [0.25, 0.3) is 5.56 Å². The first-order valence-corrected chi connectivity index (χ1v) is 9.73. The maximum Gasteiger partial charge on any atom is 0.323 e. The zero-order valence-corrected chi connectivity index (χ0v) is 17.2. The van der Waals surface area contributed by atoms with Crippen LogP contribution in [0.5, 0.6) is 0 Å². The molecule has 0 aliphatic rings. The van der Waals surface area contributed by atoms with Gasteiger partial charge in [-0.15, -0.1) is 0 Å². The minimum atomic E-state index is -0.407. The second-order valence-corrected chi connectivity index (χ2v) is 7.33. The zero-order valence-electron chi connectivity index (χ0n) is 16.4. The van der Waals surface area contributed by atoms with Gasteiger partial charge in [0.05, 0.1) is 27.3 Å². The van der Waals surface area contributed by atoms with Crippen molar-refractivity contribution in [3.05, 3.63) is 93.5 Å². The van der Waals surface area contributed by atoms with Gasteiger partial charge in [-0.25, -0.2) is 9.78 Å². The lowest BCUT2D eigenvalue weighted by molar-refractivity contribution is 0.262. The van der Waals surface area contributed by atoms with Gasteiger partial charge in [0.1, 0.15) is 5.82 Å². The van der Waals surface area contributed by atoms with Crippen molar-refractivity contribution in [2.45, 2.75) is 13.8 Å². The number of benzene rings is 3. The van der Waals surface area contributed by atoms with E-state index in [2.05, 4.69) is 15.6 Å². The van der Waals surface area contributed by atoms with Crippen molar-refractivity contribution in [2.75, 3.05) is 10.6 Å². The van der Waals surface area contributed by atoms with Crippen LogP contribution in [0.15, 0.2) is 71.5 Å². The van der Waals surface area contributed by atoms with Crippen molar-refractivity contribution in [3.8, 4) is 5.69 Å².